The van der Waals surface area contributed by atoms with E-state index >= 15 is 0 Å². The fourth-order valence-electron chi connectivity index (χ4n) is 1.64. The van der Waals surface area contributed by atoms with E-state index in [2.05, 4.69) is 23.0 Å². The Morgan fingerprint density at radius 3 is 3.21 bits per heavy atom. The molecule has 1 aromatic heterocycles. The van der Waals surface area contributed by atoms with Crippen molar-refractivity contribution in [3.8, 4) is 0 Å². The quantitative estimate of drug-likeness (QED) is 0.603. The SMILES string of the molecule is C\C1=c2/nccc/c2=N/C=C\CCC1. The van der Waals surface area contributed by atoms with Gasteiger partial charge in [0.1, 0.15) is 0 Å². The molecule has 0 unspecified atom stereocenters. The van der Waals surface area contributed by atoms with Gasteiger partial charge in [0.05, 0.1) is 10.7 Å². The summed E-state index contributed by atoms with van der Waals surface area (Å²) < 4.78 is 0. The van der Waals surface area contributed by atoms with Crippen LogP contribution in [0.5, 0.6) is 0 Å². The molecule has 0 saturated carbocycles. The minimum absolute atomic E-state index is 0.989. The van der Waals surface area contributed by atoms with Gasteiger partial charge < -0.3 is 0 Å². The van der Waals surface area contributed by atoms with Crippen LogP contribution in [0, 0.1) is 0 Å². The first-order chi connectivity index (χ1) is 6.88. The molecule has 0 aromatic carbocycles. The minimum Gasteiger partial charge on any atom is -0.255 e. The number of pyridine rings is 1. The molecule has 0 fully saturated rings. The highest BCUT2D eigenvalue weighted by Crippen LogP contribution is 2.06. The zero-order chi connectivity index (χ0) is 9.80. The molecular formula is C12H14N2. The van der Waals surface area contributed by atoms with Crippen molar-refractivity contribution in [3.05, 3.63) is 41.3 Å². The van der Waals surface area contributed by atoms with Gasteiger partial charge in [0.2, 0.25) is 0 Å². The summed E-state index contributed by atoms with van der Waals surface area (Å²) in [6, 6.07) is 3.95. The first-order valence-corrected chi connectivity index (χ1v) is 5.01. The smallest absolute Gasteiger partial charge is 0.0885 e. The van der Waals surface area contributed by atoms with Crippen molar-refractivity contribution < 1.29 is 0 Å². The van der Waals surface area contributed by atoms with Gasteiger partial charge in [-0.05, 0) is 43.9 Å². The molecule has 1 aromatic rings. The van der Waals surface area contributed by atoms with Crippen molar-refractivity contribution in [2.75, 3.05) is 0 Å². The first-order valence-electron chi connectivity index (χ1n) is 5.01. The lowest BCUT2D eigenvalue weighted by Gasteiger charge is -1.97. The second-order valence-corrected chi connectivity index (χ2v) is 3.56. The molecule has 2 heteroatoms. The Labute approximate surface area is 83.7 Å². The van der Waals surface area contributed by atoms with Gasteiger partial charge >= 0.3 is 0 Å². The van der Waals surface area contributed by atoms with E-state index in [1.165, 1.54) is 12.0 Å². The van der Waals surface area contributed by atoms with E-state index in [0.29, 0.717) is 0 Å². The highest BCUT2D eigenvalue weighted by molar-refractivity contribution is 5.38. The van der Waals surface area contributed by atoms with Crippen LogP contribution in [0.1, 0.15) is 26.2 Å². The van der Waals surface area contributed by atoms with Crippen molar-refractivity contribution in [3.63, 3.8) is 0 Å². The summed E-state index contributed by atoms with van der Waals surface area (Å²) in [5.74, 6) is 0. The Bertz CT molecular complexity index is 457. The highest BCUT2D eigenvalue weighted by Gasteiger charge is 1.96. The molecule has 2 heterocycles. The molecule has 0 bridgehead atoms. The average molecular weight is 186 g/mol. The molecule has 0 spiro atoms. The summed E-state index contributed by atoms with van der Waals surface area (Å²) in [5, 5.41) is 2.04. The molecule has 72 valence electrons. The Kier molecular flexibility index (Phi) is 2.73. The zero-order valence-electron chi connectivity index (χ0n) is 8.40. The number of fused-ring (bicyclic) bond motifs is 1. The summed E-state index contributed by atoms with van der Waals surface area (Å²) in [6.07, 6.45) is 9.25. The average Bonchev–Trinajstić information content (AvgIpc) is 2.30. The van der Waals surface area contributed by atoms with Crippen molar-refractivity contribution >= 4 is 5.57 Å². The van der Waals surface area contributed by atoms with E-state index in [0.717, 1.165) is 23.5 Å². The Hall–Kier alpha value is -1.44. The van der Waals surface area contributed by atoms with Gasteiger partial charge in [-0.15, -0.1) is 0 Å². The third kappa shape index (κ3) is 1.90. The maximum absolute atomic E-state index is 4.39. The van der Waals surface area contributed by atoms with Crippen LogP contribution in [0.4, 0.5) is 0 Å². The van der Waals surface area contributed by atoms with Crippen LogP contribution in [0.3, 0.4) is 0 Å². The molecule has 1 aliphatic heterocycles. The normalized spacial score (nSPS) is 24.8. The zero-order valence-corrected chi connectivity index (χ0v) is 8.40. The number of hydrogen-bond donors (Lipinski definition) is 0. The van der Waals surface area contributed by atoms with Gasteiger partial charge in [0.15, 0.2) is 0 Å². The van der Waals surface area contributed by atoms with Gasteiger partial charge in [0, 0.05) is 12.4 Å². The van der Waals surface area contributed by atoms with E-state index in [1.807, 2.05) is 24.5 Å². The van der Waals surface area contributed by atoms with Gasteiger partial charge in [-0.25, -0.2) is 0 Å². The molecule has 0 amide bonds. The Morgan fingerprint density at radius 1 is 1.36 bits per heavy atom. The number of aromatic nitrogens is 1. The van der Waals surface area contributed by atoms with E-state index in [-0.39, 0.29) is 0 Å². The second-order valence-electron chi connectivity index (χ2n) is 3.56. The third-order valence-electron chi connectivity index (χ3n) is 2.43. The van der Waals surface area contributed by atoms with Crippen molar-refractivity contribution in [2.45, 2.75) is 26.2 Å². The summed E-state index contributed by atoms with van der Waals surface area (Å²) >= 11 is 0. The van der Waals surface area contributed by atoms with E-state index < -0.39 is 0 Å². The fraction of sp³-hybridized carbons (Fsp3) is 0.333. The molecule has 0 saturated heterocycles. The van der Waals surface area contributed by atoms with Crippen LogP contribution < -0.4 is 10.7 Å². The predicted molar refractivity (Wildman–Crippen MR) is 57.1 cm³/mol. The van der Waals surface area contributed by atoms with Crippen molar-refractivity contribution in [1.29, 1.82) is 0 Å². The van der Waals surface area contributed by atoms with Crippen LogP contribution in [0.25, 0.3) is 5.57 Å². The molecule has 0 aliphatic carbocycles. The lowest BCUT2D eigenvalue weighted by Crippen LogP contribution is -2.29. The predicted octanol–water partition coefficient (Wildman–Crippen LogP) is 1.57. The Balaban J connectivity index is 2.71. The van der Waals surface area contributed by atoms with Crippen LogP contribution in [-0.2, 0) is 0 Å². The molecule has 0 N–H and O–H groups in total. The maximum atomic E-state index is 4.39. The molecule has 14 heavy (non-hydrogen) atoms. The van der Waals surface area contributed by atoms with Crippen molar-refractivity contribution in [2.24, 2.45) is 4.99 Å². The molecular weight excluding hydrogens is 172 g/mol. The lowest BCUT2D eigenvalue weighted by atomic mass is 10.1. The highest BCUT2D eigenvalue weighted by atomic mass is 14.7. The van der Waals surface area contributed by atoms with E-state index in [4.69, 9.17) is 0 Å². The van der Waals surface area contributed by atoms with E-state index in [9.17, 15) is 0 Å². The van der Waals surface area contributed by atoms with Gasteiger partial charge in [0.25, 0.3) is 0 Å². The largest absolute Gasteiger partial charge is 0.255 e. The first kappa shape index (κ1) is 9.13. The van der Waals surface area contributed by atoms with Crippen LogP contribution in [-0.4, -0.2) is 4.98 Å². The van der Waals surface area contributed by atoms with Gasteiger partial charge in [-0.2, -0.15) is 0 Å². The van der Waals surface area contributed by atoms with Crippen LogP contribution in [0.2, 0.25) is 0 Å². The maximum Gasteiger partial charge on any atom is 0.0885 e. The van der Waals surface area contributed by atoms with Crippen LogP contribution >= 0.6 is 0 Å². The molecule has 1 aliphatic rings. The summed E-state index contributed by atoms with van der Waals surface area (Å²) in [4.78, 5) is 8.77. The summed E-state index contributed by atoms with van der Waals surface area (Å²) in [7, 11) is 0. The van der Waals surface area contributed by atoms with E-state index in [1.54, 1.807) is 0 Å². The molecule has 2 rings (SSSR count). The fourth-order valence-corrected chi connectivity index (χ4v) is 1.64. The minimum atomic E-state index is 0.989. The number of hydrogen-bond acceptors (Lipinski definition) is 2. The van der Waals surface area contributed by atoms with Crippen LogP contribution in [0.15, 0.2) is 35.6 Å². The third-order valence-corrected chi connectivity index (χ3v) is 2.43. The van der Waals surface area contributed by atoms with Gasteiger partial charge in [-0.3, -0.25) is 9.98 Å². The summed E-state index contributed by atoms with van der Waals surface area (Å²) in [6.45, 7) is 2.15. The number of allylic oxidation sites excluding steroid dienone is 1. The standard InChI is InChI=1S/C12H14N2/c1-10-6-3-2-4-8-13-11-7-5-9-14-12(10)11/h4-5,7-9H,2-3,6H2,1H3/b8-4-,12-10+,13-11-. The molecule has 0 radical (unpaired) electrons. The number of rotatable bonds is 0. The van der Waals surface area contributed by atoms with Gasteiger partial charge in [-0.1, -0.05) is 6.08 Å². The summed E-state index contributed by atoms with van der Waals surface area (Å²) in [5.41, 5.74) is 1.34. The number of nitrogens with zero attached hydrogens (tertiary/aromatic N) is 2. The molecule has 2 nitrogen and oxygen atoms in total. The topological polar surface area (TPSA) is 25.2 Å². The lowest BCUT2D eigenvalue weighted by molar-refractivity contribution is 0.869. The second kappa shape index (κ2) is 4.18. The van der Waals surface area contributed by atoms with Crippen molar-refractivity contribution in [1.82, 2.24) is 4.98 Å². The Morgan fingerprint density at radius 2 is 2.29 bits per heavy atom. The monoisotopic (exact) mass is 186 g/mol. The molecule has 0 atom stereocenters.